The monoisotopic (exact) mass is 329 g/mol. The third-order valence-corrected chi connectivity index (χ3v) is 5.05. The van der Waals surface area contributed by atoms with Gasteiger partial charge in [0.25, 0.3) is 0 Å². The minimum absolute atomic E-state index is 0.0497. The van der Waals surface area contributed by atoms with Gasteiger partial charge in [-0.2, -0.15) is 0 Å². The second kappa shape index (κ2) is 7.16. The lowest BCUT2D eigenvalue weighted by atomic mass is 9.81. The van der Waals surface area contributed by atoms with Crippen LogP contribution in [-0.2, 0) is 19.1 Å². The molecule has 5 nitrogen and oxygen atoms in total. The van der Waals surface area contributed by atoms with Gasteiger partial charge >= 0.3 is 5.97 Å². The third-order valence-electron chi connectivity index (χ3n) is 5.05. The van der Waals surface area contributed by atoms with Crippen molar-refractivity contribution in [2.24, 2.45) is 11.8 Å². The Labute approximate surface area is 142 Å². The van der Waals surface area contributed by atoms with E-state index >= 15 is 0 Å². The van der Waals surface area contributed by atoms with E-state index < -0.39 is 0 Å². The highest BCUT2D eigenvalue weighted by Gasteiger charge is 2.47. The Hall–Kier alpha value is -2.17. The number of benzene rings is 1. The highest BCUT2D eigenvalue weighted by Crippen LogP contribution is 2.38. The second-order valence-electron chi connectivity index (χ2n) is 6.62. The van der Waals surface area contributed by atoms with Gasteiger partial charge in [0, 0.05) is 6.54 Å². The Kier molecular flexibility index (Phi) is 4.97. The van der Waals surface area contributed by atoms with E-state index in [-0.39, 0.29) is 48.7 Å². The van der Waals surface area contributed by atoms with E-state index in [0.717, 1.165) is 31.2 Å². The average Bonchev–Trinajstić information content (AvgIpc) is 2.85. The van der Waals surface area contributed by atoms with Gasteiger partial charge in [-0.3, -0.25) is 19.3 Å². The maximum atomic E-state index is 12.4. The number of fused-ring (bicyclic) bond motifs is 1. The molecule has 0 radical (unpaired) electrons. The largest absolute Gasteiger partial charge is 0.458 e. The predicted octanol–water partition coefficient (Wildman–Crippen LogP) is 2.86. The van der Waals surface area contributed by atoms with Crippen LogP contribution in [0.2, 0.25) is 0 Å². The number of rotatable bonds is 5. The summed E-state index contributed by atoms with van der Waals surface area (Å²) in [5.74, 6) is -0.917. The molecule has 2 fully saturated rings. The van der Waals surface area contributed by atoms with Crippen LogP contribution in [0.25, 0.3) is 0 Å². The number of nitrogens with zero attached hydrogens (tertiary/aromatic N) is 1. The van der Waals surface area contributed by atoms with Crippen LogP contribution in [0.1, 0.15) is 50.7 Å². The van der Waals surface area contributed by atoms with Crippen molar-refractivity contribution >= 4 is 17.8 Å². The minimum atomic E-state index is -0.387. The van der Waals surface area contributed by atoms with Crippen LogP contribution >= 0.6 is 0 Å². The SMILES string of the molecule is CC(OC(=O)CCN1C(=O)C2CCCCC2C1=O)c1ccccc1. The maximum Gasteiger partial charge on any atom is 0.308 e. The zero-order valence-electron chi connectivity index (χ0n) is 13.9. The molecule has 0 bridgehead atoms. The van der Waals surface area contributed by atoms with Gasteiger partial charge in [-0.05, 0) is 25.3 Å². The van der Waals surface area contributed by atoms with Gasteiger partial charge in [0.2, 0.25) is 11.8 Å². The number of hydrogen-bond acceptors (Lipinski definition) is 4. The Balaban J connectivity index is 1.53. The Bertz CT molecular complexity index is 604. The first-order valence-electron chi connectivity index (χ1n) is 8.67. The molecule has 1 aromatic carbocycles. The van der Waals surface area contributed by atoms with Crippen molar-refractivity contribution < 1.29 is 19.1 Å². The fraction of sp³-hybridized carbons (Fsp3) is 0.526. The minimum Gasteiger partial charge on any atom is -0.458 e. The van der Waals surface area contributed by atoms with Crippen molar-refractivity contribution in [3.05, 3.63) is 35.9 Å². The van der Waals surface area contributed by atoms with Crippen LogP contribution in [0.3, 0.4) is 0 Å². The summed E-state index contributed by atoms with van der Waals surface area (Å²) < 4.78 is 5.40. The topological polar surface area (TPSA) is 63.7 Å². The van der Waals surface area contributed by atoms with Crippen LogP contribution in [-0.4, -0.2) is 29.2 Å². The Morgan fingerprint density at radius 1 is 1.12 bits per heavy atom. The van der Waals surface area contributed by atoms with Crippen molar-refractivity contribution in [2.45, 2.75) is 45.1 Å². The molecule has 3 atom stereocenters. The van der Waals surface area contributed by atoms with Gasteiger partial charge < -0.3 is 4.74 Å². The maximum absolute atomic E-state index is 12.4. The van der Waals surface area contributed by atoms with Gasteiger partial charge in [-0.1, -0.05) is 43.2 Å². The number of likely N-dealkylation sites (tertiary alicyclic amines) is 1. The highest BCUT2D eigenvalue weighted by molar-refractivity contribution is 6.05. The molecule has 2 aliphatic rings. The first kappa shape index (κ1) is 16.7. The number of ether oxygens (including phenoxy) is 1. The molecule has 1 aliphatic carbocycles. The molecule has 24 heavy (non-hydrogen) atoms. The summed E-state index contributed by atoms with van der Waals surface area (Å²) >= 11 is 0. The molecular weight excluding hydrogens is 306 g/mol. The molecule has 3 unspecified atom stereocenters. The summed E-state index contributed by atoms with van der Waals surface area (Å²) in [6, 6.07) is 9.49. The predicted molar refractivity (Wildman–Crippen MR) is 87.7 cm³/mol. The second-order valence-corrected chi connectivity index (χ2v) is 6.62. The van der Waals surface area contributed by atoms with Gasteiger partial charge in [0.1, 0.15) is 6.10 Å². The lowest BCUT2D eigenvalue weighted by Crippen LogP contribution is -2.33. The van der Waals surface area contributed by atoms with Crippen molar-refractivity contribution in [3.63, 3.8) is 0 Å². The molecule has 1 aromatic rings. The summed E-state index contributed by atoms with van der Waals surface area (Å²) in [5, 5.41) is 0. The van der Waals surface area contributed by atoms with E-state index in [9.17, 15) is 14.4 Å². The van der Waals surface area contributed by atoms with E-state index in [2.05, 4.69) is 0 Å². The van der Waals surface area contributed by atoms with E-state index in [4.69, 9.17) is 4.74 Å². The Morgan fingerprint density at radius 2 is 1.71 bits per heavy atom. The lowest BCUT2D eigenvalue weighted by molar-refractivity contribution is -0.149. The number of amides is 2. The molecule has 1 heterocycles. The first-order chi connectivity index (χ1) is 11.6. The Morgan fingerprint density at radius 3 is 2.29 bits per heavy atom. The van der Waals surface area contributed by atoms with Crippen LogP contribution in [0.5, 0.6) is 0 Å². The first-order valence-corrected chi connectivity index (χ1v) is 8.67. The molecule has 0 aromatic heterocycles. The third kappa shape index (κ3) is 3.35. The molecule has 5 heteroatoms. The lowest BCUT2D eigenvalue weighted by Gasteiger charge is -2.19. The van der Waals surface area contributed by atoms with Gasteiger partial charge in [-0.25, -0.2) is 0 Å². The number of imide groups is 1. The summed E-state index contributed by atoms with van der Waals surface area (Å²) in [4.78, 5) is 38.0. The van der Waals surface area contributed by atoms with Crippen LogP contribution in [0.15, 0.2) is 30.3 Å². The van der Waals surface area contributed by atoms with E-state index in [1.807, 2.05) is 37.3 Å². The van der Waals surface area contributed by atoms with E-state index in [1.165, 1.54) is 4.90 Å². The molecule has 3 rings (SSSR count). The fourth-order valence-electron chi connectivity index (χ4n) is 3.70. The molecule has 2 amide bonds. The van der Waals surface area contributed by atoms with E-state index in [1.54, 1.807) is 0 Å². The molecule has 0 spiro atoms. The van der Waals surface area contributed by atoms with Gasteiger partial charge in [-0.15, -0.1) is 0 Å². The van der Waals surface area contributed by atoms with E-state index in [0.29, 0.717) is 0 Å². The van der Waals surface area contributed by atoms with Gasteiger partial charge in [0.15, 0.2) is 0 Å². The van der Waals surface area contributed by atoms with Crippen LogP contribution in [0.4, 0.5) is 0 Å². The zero-order valence-corrected chi connectivity index (χ0v) is 13.9. The molecule has 1 saturated heterocycles. The number of carbonyl (C=O) groups is 3. The molecule has 1 saturated carbocycles. The van der Waals surface area contributed by atoms with Crippen molar-refractivity contribution in [1.29, 1.82) is 0 Å². The van der Waals surface area contributed by atoms with Crippen LogP contribution < -0.4 is 0 Å². The number of esters is 1. The summed E-state index contributed by atoms with van der Waals surface area (Å²) in [7, 11) is 0. The molecule has 1 aliphatic heterocycles. The van der Waals surface area contributed by atoms with Crippen molar-refractivity contribution in [3.8, 4) is 0 Å². The number of hydrogen-bond donors (Lipinski definition) is 0. The molecular formula is C19H23NO4. The van der Waals surface area contributed by atoms with Crippen molar-refractivity contribution in [2.75, 3.05) is 6.54 Å². The standard InChI is InChI=1S/C19H23NO4/c1-13(14-7-3-2-4-8-14)24-17(21)11-12-20-18(22)15-9-5-6-10-16(15)19(20)23/h2-4,7-8,13,15-16H,5-6,9-12H2,1H3. The zero-order chi connectivity index (χ0) is 17.1. The average molecular weight is 329 g/mol. The summed E-state index contributed by atoms with van der Waals surface area (Å²) in [5.41, 5.74) is 0.921. The molecule has 0 N–H and O–H groups in total. The highest BCUT2D eigenvalue weighted by atomic mass is 16.5. The number of carbonyl (C=O) groups excluding carboxylic acids is 3. The fourth-order valence-corrected chi connectivity index (χ4v) is 3.70. The van der Waals surface area contributed by atoms with Crippen molar-refractivity contribution in [1.82, 2.24) is 4.90 Å². The quantitative estimate of drug-likeness (QED) is 0.615. The molecule has 128 valence electrons. The summed E-state index contributed by atoms with van der Waals surface area (Å²) in [6.07, 6.45) is 3.30. The summed E-state index contributed by atoms with van der Waals surface area (Å²) in [6.45, 7) is 1.94. The smallest absolute Gasteiger partial charge is 0.308 e. The normalized spacial score (nSPS) is 24.6. The van der Waals surface area contributed by atoms with Crippen LogP contribution in [0, 0.1) is 11.8 Å². The van der Waals surface area contributed by atoms with Gasteiger partial charge in [0.05, 0.1) is 18.3 Å².